The van der Waals surface area contributed by atoms with E-state index in [4.69, 9.17) is 0 Å². The molecule has 0 aromatic carbocycles. The zero-order valence-corrected chi connectivity index (χ0v) is 13.0. The van der Waals surface area contributed by atoms with Crippen LogP contribution in [0.3, 0.4) is 0 Å². The van der Waals surface area contributed by atoms with Gasteiger partial charge in [-0.2, -0.15) is 0 Å². The van der Waals surface area contributed by atoms with Gasteiger partial charge in [-0.05, 0) is 41.9 Å². The highest BCUT2D eigenvalue weighted by atomic mass is 16.1. The molecule has 19 heavy (non-hydrogen) atoms. The van der Waals surface area contributed by atoms with Gasteiger partial charge < -0.3 is 0 Å². The fourth-order valence-electron chi connectivity index (χ4n) is 6.03. The molecular weight excluding hydrogens is 232 g/mol. The first-order valence-corrected chi connectivity index (χ1v) is 8.47. The summed E-state index contributed by atoms with van der Waals surface area (Å²) < 4.78 is 0. The quantitative estimate of drug-likeness (QED) is 0.601. The topological polar surface area (TPSA) is 17.1 Å². The fourth-order valence-corrected chi connectivity index (χ4v) is 6.03. The average molecular weight is 262 g/mol. The minimum atomic E-state index is 0.242. The van der Waals surface area contributed by atoms with Gasteiger partial charge in [-0.25, -0.2) is 0 Å². The molecule has 4 atom stereocenters. The smallest absolute Gasteiger partial charge is 0.137 e. The molecule has 1 heteroatoms. The minimum Gasteiger partial charge on any atom is -0.299 e. The van der Waals surface area contributed by atoms with E-state index < -0.39 is 0 Å². The Bertz CT molecular complexity index is 370. The van der Waals surface area contributed by atoms with E-state index in [0.717, 1.165) is 18.3 Å². The Morgan fingerprint density at radius 2 is 1.58 bits per heavy atom. The van der Waals surface area contributed by atoms with Crippen LogP contribution in [0.2, 0.25) is 0 Å². The second-order valence-corrected chi connectivity index (χ2v) is 8.58. The molecule has 3 aliphatic carbocycles. The van der Waals surface area contributed by atoms with E-state index in [1.807, 2.05) is 0 Å². The lowest BCUT2D eigenvalue weighted by Gasteiger charge is -2.65. The van der Waals surface area contributed by atoms with Crippen LogP contribution in [0, 0.1) is 28.6 Å². The van der Waals surface area contributed by atoms with Crippen LogP contribution in [0.15, 0.2) is 0 Å². The molecule has 3 saturated carbocycles. The maximum absolute atomic E-state index is 12.6. The van der Waals surface area contributed by atoms with Crippen LogP contribution in [0.4, 0.5) is 0 Å². The van der Waals surface area contributed by atoms with Crippen LogP contribution in [-0.2, 0) is 4.79 Å². The van der Waals surface area contributed by atoms with Crippen molar-refractivity contribution < 1.29 is 4.79 Å². The Morgan fingerprint density at radius 3 is 2.32 bits per heavy atom. The van der Waals surface area contributed by atoms with E-state index in [2.05, 4.69) is 20.8 Å². The fraction of sp³-hybridized carbons (Fsp3) is 0.944. The van der Waals surface area contributed by atoms with Crippen molar-refractivity contribution in [2.24, 2.45) is 28.6 Å². The predicted octanol–water partition coefficient (Wildman–Crippen LogP) is 4.99. The van der Waals surface area contributed by atoms with Crippen LogP contribution < -0.4 is 0 Å². The molecule has 0 N–H and O–H groups in total. The monoisotopic (exact) mass is 262 g/mol. The van der Waals surface area contributed by atoms with Crippen LogP contribution in [0.5, 0.6) is 0 Å². The molecule has 1 nitrogen and oxygen atoms in total. The summed E-state index contributed by atoms with van der Waals surface area (Å²) in [5, 5.41) is 0. The first kappa shape index (κ1) is 13.6. The number of hydrogen-bond donors (Lipinski definition) is 0. The van der Waals surface area contributed by atoms with Gasteiger partial charge in [0, 0.05) is 12.3 Å². The molecule has 3 rings (SSSR count). The molecular formula is C18H30O. The largest absolute Gasteiger partial charge is 0.299 e. The third-order valence-corrected chi connectivity index (χ3v) is 6.41. The molecule has 0 bridgehead atoms. The molecule has 0 aromatic rings. The SMILES string of the molecule is CC1(C)CC(=O)C2C3CCCCCCCC3C2(C)C1. The molecule has 0 saturated heterocycles. The Hall–Kier alpha value is -0.330. The molecule has 4 unspecified atom stereocenters. The Balaban J connectivity index is 1.84. The second-order valence-electron chi connectivity index (χ2n) is 8.58. The van der Waals surface area contributed by atoms with Crippen LogP contribution in [0.1, 0.15) is 78.6 Å². The predicted molar refractivity (Wildman–Crippen MR) is 78.9 cm³/mol. The Morgan fingerprint density at radius 1 is 0.947 bits per heavy atom. The molecule has 3 aliphatic rings. The Labute approximate surface area is 118 Å². The van der Waals surface area contributed by atoms with Crippen molar-refractivity contribution in [3.8, 4) is 0 Å². The number of ketones is 1. The van der Waals surface area contributed by atoms with E-state index in [-0.39, 0.29) is 5.41 Å². The molecule has 0 aliphatic heterocycles. The van der Waals surface area contributed by atoms with Gasteiger partial charge in [-0.1, -0.05) is 52.9 Å². The number of rotatable bonds is 0. The lowest BCUT2D eigenvalue weighted by Crippen LogP contribution is -2.62. The number of fused-ring (bicyclic) bond motifs is 4. The summed E-state index contributed by atoms with van der Waals surface area (Å²) in [5.41, 5.74) is 0.583. The van der Waals surface area contributed by atoms with Crippen molar-refractivity contribution in [3.63, 3.8) is 0 Å². The third kappa shape index (κ3) is 2.17. The van der Waals surface area contributed by atoms with Gasteiger partial charge in [0.05, 0.1) is 0 Å². The molecule has 0 aromatic heterocycles. The average Bonchev–Trinajstić information content (AvgIpc) is 2.37. The molecule has 0 radical (unpaired) electrons. The maximum Gasteiger partial charge on any atom is 0.137 e. The van der Waals surface area contributed by atoms with E-state index in [0.29, 0.717) is 17.1 Å². The molecule has 108 valence electrons. The van der Waals surface area contributed by atoms with E-state index in [1.165, 1.54) is 51.4 Å². The lowest BCUT2D eigenvalue weighted by atomic mass is 9.38. The highest BCUT2D eigenvalue weighted by Gasteiger charge is 2.64. The number of carbonyl (C=O) groups is 1. The van der Waals surface area contributed by atoms with Gasteiger partial charge in [-0.15, -0.1) is 0 Å². The number of carbonyl (C=O) groups excluding carboxylic acids is 1. The molecule has 0 heterocycles. The zero-order valence-electron chi connectivity index (χ0n) is 13.0. The summed E-state index contributed by atoms with van der Waals surface area (Å²) in [6.07, 6.45) is 11.8. The summed E-state index contributed by atoms with van der Waals surface area (Å²) in [7, 11) is 0. The maximum atomic E-state index is 12.6. The third-order valence-electron chi connectivity index (χ3n) is 6.41. The summed E-state index contributed by atoms with van der Waals surface area (Å²) in [4.78, 5) is 12.6. The van der Waals surface area contributed by atoms with Crippen molar-refractivity contribution >= 4 is 5.78 Å². The van der Waals surface area contributed by atoms with Crippen molar-refractivity contribution in [1.29, 1.82) is 0 Å². The van der Waals surface area contributed by atoms with Crippen molar-refractivity contribution in [3.05, 3.63) is 0 Å². The zero-order chi connectivity index (χ0) is 13.7. The second kappa shape index (κ2) is 4.60. The molecule has 0 spiro atoms. The Kier molecular flexibility index (Phi) is 3.30. The summed E-state index contributed by atoms with van der Waals surface area (Å²) in [6, 6.07) is 0. The van der Waals surface area contributed by atoms with Gasteiger partial charge in [-0.3, -0.25) is 4.79 Å². The summed E-state index contributed by atoms with van der Waals surface area (Å²) >= 11 is 0. The van der Waals surface area contributed by atoms with Crippen LogP contribution in [0.25, 0.3) is 0 Å². The first-order chi connectivity index (χ1) is 8.94. The summed E-state index contributed by atoms with van der Waals surface area (Å²) in [6.45, 7) is 7.04. The van der Waals surface area contributed by atoms with Crippen molar-refractivity contribution in [1.82, 2.24) is 0 Å². The van der Waals surface area contributed by atoms with Crippen LogP contribution in [-0.4, -0.2) is 5.78 Å². The van der Waals surface area contributed by atoms with Crippen molar-refractivity contribution in [2.45, 2.75) is 78.6 Å². The first-order valence-electron chi connectivity index (χ1n) is 8.47. The van der Waals surface area contributed by atoms with Gasteiger partial charge in [0.1, 0.15) is 5.78 Å². The van der Waals surface area contributed by atoms with Gasteiger partial charge >= 0.3 is 0 Å². The molecule has 3 fully saturated rings. The van der Waals surface area contributed by atoms with Gasteiger partial charge in [0.15, 0.2) is 0 Å². The number of hydrogen-bond acceptors (Lipinski definition) is 1. The van der Waals surface area contributed by atoms with E-state index in [9.17, 15) is 4.79 Å². The van der Waals surface area contributed by atoms with Gasteiger partial charge in [0.2, 0.25) is 0 Å². The number of Topliss-reactive ketones (excluding diaryl/α,β-unsaturated/α-hetero) is 1. The van der Waals surface area contributed by atoms with Crippen molar-refractivity contribution in [2.75, 3.05) is 0 Å². The minimum absolute atomic E-state index is 0.242. The van der Waals surface area contributed by atoms with E-state index in [1.54, 1.807) is 0 Å². The lowest BCUT2D eigenvalue weighted by molar-refractivity contribution is -0.183. The van der Waals surface area contributed by atoms with Gasteiger partial charge in [0.25, 0.3) is 0 Å². The highest BCUT2D eigenvalue weighted by molar-refractivity contribution is 5.85. The summed E-state index contributed by atoms with van der Waals surface area (Å²) in [5.74, 6) is 2.61. The van der Waals surface area contributed by atoms with Crippen LogP contribution >= 0.6 is 0 Å². The molecule has 0 amide bonds. The standard InChI is InChI=1S/C18H30O/c1-17(2)11-15(19)16-13-9-7-5-4-6-8-10-14(13)18(16,3)12-17/h13-14,16H,4-12H2,1-3H3. The van der Waals surface area contributed by atoms with E-state index >= 15 is 0 Å². The normalized spacial score (nSPS) is 46.1. The highest BCUT2D eigenvalue weighted by Crippen LogP contribution is 2.67.